The van der Waals surface area contributed by atoms with Crippen LogP contribution in [0.3, 0.4) is 0 Å². The maximum Gasteiger partial charge on any atom is 0.326 e. The summed E-state index contributed by atoms with van der Waals surface area (Å²) in [6.45, 7) is 3.13. The number of fused-ring (bicyclic) bond motifs is 2. The Hall–Kier alpha value is -4.38. The van der Waals surface area contributed by atoms with Gasteiger partial charge < -0.3 is 20.5 Å². The molecule has 1 aromatic carbocycles. The molecule has 0 aliphatic carbocycles. The fraction of sp³-hybridized carbons (Fsp3) is 0.387. The second-order valence-electron chi connectivity index (χ2n) is 10.4. The third-order valence-electron chi connectivity index (χ3n) is 7.27. The average Bonchev–Trinajstić information content (AvgIpc) is 3.00. The Bertz CT molecular complexity index is 1490. The summed E-state index contributed by atoms with van der Waals surface area (Å²) in [4.78, 5) is 31.8. The van der Waals surface area contributed by atoms with Crippen LogP contribution in [-0.2, 0) is 17.6 Å². The second kappa shape index (κ2) is 14.5. The maximum atomic E-state index is 13.5. The number of aliphatic carboxylic acids is 1. The molecule has 3 aromatic heterocycles. The number of carboxylic acids is 1. The number of nitrogens with zero attached hydrogens (tertiary/aromatic N) is 5. The van der Waals surface area contributed by atoms with Gasteiger partial charge >= 0.3 is 5.97 Å². The Kier molecular flexibility index (Phi) is 10.1. The molecule has 42 heavy (non-hydrogen) atoms. The molecular weight excluding hydrogens is 537 g/mol. The number of benzene rings is 1. The van der Waals surface area contributed by atoms with Crippen LogP contribution in [0.5, 0.6) is 5.75 Å². The SMILES string of the molecule is O=C(O)C(CCN(CCCCc1ccc2c(n1)NCCC2)CCOc1cncc(F)c1)Nc1cnc2ccccc2n1. The van der Waals surface area contributed by atoms with Crippen LogP contribution in [0.4, 0.5) is 16.0 Å². The van der Waals surface area contributed by atoms with Crippen molar-refractivity contribution < 1.29 is 19.0 Å². The van der Waals surface area contributed by atoms with E-state index in [0.717, 1.165) is 68.4 Å². The number of halogens is 1. The zero-order chi connectivity index (χ0) is 29.1. The number of carbonyl (C=O) groups is 1. The molecule has 0 saturated carbocycles. The molecular formula is C31H36FN7O3. The Morgan fingerprint density at radius 2 is 1.95 bits per heavy atom. The highest BCUT2D eigenvalue weighted by molar-refractivity contribution is 5.78. The number of para-hydroxylation sites is 2. The Balaban J connectivity index is 1.16. The highest BCUT2D eigenvalue weighted by atomic mass is 19.1. The van der Waals surface area contributed by atoms with Crippen molar-refractivity contribution in [2.45, 2.75) is 44.6 Å². The highest BCUT2D eigenvalue weighted by Crippen LogP contribution is 2.20. The van der Waals surface area contributed by atoms with Gasteiger partial charge in [0.05, 0.1) is 29.6 Å². The topological polar surface area (TPSA) is 125 Å². The van der Waals surface area contributed by atoms with Gasteiger partial charge in [-0.15, -0.1) is 0 Å². The van der Waals surface area contributed by atoms with Crippen LogP contribution in [0.15, 0.2) is 61.1 Å². The van der Waals surface area contributed by atoms with Crippen molar-refractivity contribution in [3.05, 3.63) is 78.1 Å². The standard InChI is InChI=1S/C31H36FN7O3/c32-23-18-25(20-33-19-23)42-17-16-39(14-4-3-7-24-11-10-22-6-5-13-34-30(22)36-24)15-12-28(31(40)41)38-29-21-35-26-8-1-2-9-27(26)37-29/h1-2,8-11,18-21,28H,3-7,12-17H2,(H,34,36)(H,37,38)(H,40,41). The third kappa shape index (κ3) is 8.32. The van der Waals surface area contributed by atoms with Crippen molar-refractivity contribution >= 4 is 28.6 Å². The minimum atomic E-state index is -0.959. The third-order valence-corrected chi connectivity index (χ3v) is 7.27. The molecule has 4 aromatic rings. The molecule has 1 atom stereocenters. The number of carboxylic acid groups (broad SMARTS) is 1. The van der Waals surface area contributed by atoms with E-state index >= 15 is 0 Å². The maximum absolute atomic E-state index is 13.5. The van der Waals surface area contributed by atoms with Crippen molar-refractivity contribution in [2.24, 2.45) is 0 Å². The van der Waals surface area contributed by atoms with Crippen molar-refractivity contribution in [3.8, 4) is 5.75 Å². The van der Waals surface area contributed by atoms with Gasteiger partial charge in [0.1, 0.15) is 35.9 Å². The molecule has 1 unspecified atom stereocenters. The molecule has 4 heterocycles. The lowest BCUT2D eigenvalue weighted by Crippen LogP contribution is -2.37. The number of ether oxygens (including phenoxy) is 1. The minimum Gasteiger partial charge on any atom is -0.491 e. The first kappa shape index (κ1) is 29.1. The van der Waals surface area contributed by atoms with Crippen LogP contribution < -0.4 is 15.4 Å². The van der Waals surface area contributed by atoms with Gasteiger partial charge in [-0.05, 0) is 68.8 Å². The summed E-state index contributed by atoms with van der Waals surface area (Å²) in [5.41, 5.74) is 3.79. The van der Waals surface area contributed by atoms with E-state index in [2.05, 4.69) is 42.6 Å². The quantitative estimate of drug-likeness (QED) is 0.174. The summed E-state index contributed by atoms with van der Waals surface area (Å²) in [5.74, 6) is 0.373. The number of aryl methyl sites for hydroxylation is 2. The average molecular weight is 574 g/mol. The van der Waals surface area contributed by atoms with Gasteiger partial charge in [0.25, 0.3) is 0 Å². The normalized spacial score (nSPS) is 13.4. The van der Waals surface area contributed by atoms with Gasteiger partial charge in [-0.2, -0.15) is 0 Å². The molecule has 10 nitrogen and oxygen atoms in total. The molecule has 0 saturated heterocycles. The summed E-state index contributed by atoms with van der Waals surface area (Å²) < 4.78 is 19.2. The van der Waals surface area contributed by atoms with Gasteiger partial charge in [-0.25, -0.2) is 19.2 Å². The van der Waals surface area contributed by atoms with Crippen molar-refractivity contribution in [1.82, 2.24) is 24.8 Å². The number of hydrogen-bond donors (Lipinski definition) is 3. The van der Waals surface area contributed by atoms with Crippen LogP contribution in [0.1, 0.15) is 36.9 Å². The lowest BCUT2D eigenvalue weighted by atomic mass is 10.1. The summed E-state index contributed by atoms with van der Waals surface area (Å²) in [6.07, 6.45) is 9.45. The molecule has 0 spiro atoms. The number of unbranched alkanes of at least 4 members (excludes halogenated alkanes) is 1. The first-order valence-electron chi connectivity index (χ1n) is 14.4. The molecule has 0 amide bonds. The molecule has 0 radical (unpaired) electrons. The molecule has 3 N–H and O–H groups in total. The van der Waals surface area contributed by atoms with E-state index in [-0.39, 0.29) is 0 Å². The van der Waals surface area contributed by atoms with E-state index in [1.165, 1.54) is 17.8 Å². The van der Waals surface area contributed by atoms with Crippen molar-refractivity contribution in [1.29, 1.82) is 0 Å². The molecule has 0 fully saturated rings. The Morgan fingerprint density at radius 1 is 1.07 bits per heavy atom. The number of anilines is 2. The van der Waals surface area contributed by atoms with E-state index < -0.39 is 17.8 Å². The first-order chi connectivity index (χ1) is 20.5. The van der Waals surface area contributed by atoms with Crippen molar-refractivity contribution in [3.63, 3.8) is 0 Å². The molecule has 0 bridgehead atoms. The number of rotatable bonds is 15. The monoisotopic (exact) mass is 573 g/mol. The fourth-order valence-corrected chi connectivity index (χ4v) is 5.02. The molecule has 5 rings (SSSR count). The summed E-state index contributed by atoms with van der Waals surface area (Å²) in [7, 11) is 0. The van der Waals surface area contributed by atoms with E-state index in [9.17, 15) is 14.3 Å². The number of nitrogens with one attached hydrogen (secondary N) is 2. The largest absolute Gasteiger partial charge is 0.491 e. The van der Waals surface area contributed by atoms with Crippen LogP contribution in [0.25, 0.3) is 11.0 Å². The molecule has 1 aliphatic heterocycles. The van der Waals surface area contributed by atoms with Crippen LogP contribution >= 0.6 is 0 Å². The van der Waals surface area contributed by atoms with E-state index in [1.54, 1.807) is 6.20 Å². The van der Waals surface area contributed by atoms with Crippen LogP contribution in [0.2, 0.25) is 0 Å². The van der Waals surface area contributed by atoms with Crippen LogP contribution in [-0.4, -0.2) is 74.7 Å². The predicted octanol–water partition coefficient (Wildman–Crippen LogP) is 4.58. The number of pyridine rings is 2. The van der Waals surface area contributed by atoms with Gasteiger partial charge in [0.2, 0.25) is 0 Å². The zero-order valence-electron chi connectivity index (χ0n) is 23.5. The first-order valence-corrected chi connectivity index (χ1v) is 14.4. The van der Waals surface area contributed by atoms with Crippen LogP contribution in [0, 0.1) is 5.82 Å². The molecule has 1 aliphatic rings. The lowest BCUT2D eigenvalue weighted by molar-refractivity contribution is -0.138. The minimum absolute atomic E-state index is 0.324. The zero-order valence-corrected chi connectivity index (χ0v) is 23.5. The van der Waals surface area contributed by atoms with Gasteiger partial charge in [0.15, 0.2) is 0 Å². The van der Waals surface area contributed by atoms with Crippen molar-refractivity contribution in [2.75, 3.05) is 43.4 Å². The van der Waals surface area contributed by atoms with E-state index in [1.807, 2.05) is 24.3 Å². The van der Waals surface area contributed by atoms with E-state index in [0.29, 0.717) is 43.2 Å². The number of aromatic nitrogens is 4. The smallest absolute Gasteiger partial charge is 0.326 e. The predicted molar refractivity (Wildman–Crippen MR) is 159 cm³/mol. The summed E-state index contributed by atoms with van der Waals surface area (Å²) in [5, 5.41) is 16.4. The summed E-state index contributed by atoms with van der Waals surface area (Å²) >= 11 is 0. The van der Waals surface area contributed by atoms with Gasteiger partial charge in [-0.3, -0.25) is 14.9 Å². The van der Waals surface area contributed by atoms with E-state index in [4.69, 9.17) is 9.72 Å². The van der Waals surface area contributed by atoms with Gasteiger partial charge in [-0.1, -0.05) is 18.2 Å². The molecule has 11 heteroatoms. The lowest BCUT2D eigenvalue weighted by Gasteiger charge is -2.24. The van der Waals surface area contributed by atoms with Gasteiger partial charge in [0, 0.05) is 31.4 Å². The summed E-state index contributed by atoms with van der Waals surface area (Å²) in [6, 6.07) is 12.2. The highest BCUT2D eigenvalue weighted by Gasteiger charge is 2.20. The molecule has 220 valence electrons. The Morgan fingerprint density at radius 3 is 2.81 bits per heavy atom. The second-order valence-corrected chi connectivity index (χ2v) is 10.4. The Labute approximate surface area is 244 Å². The number of hydrogen-bond acceptors (Lipinski definition) is 9. The fourth-order valence-electron chi connectivity index (χ4n) is 5.02.